The second kappa shape index (κ2) is 11.2. The van der Waals surface area contributed by atoms with E-state index in [0.717, 1.165) is 22.3 Å². The molecule has 1 heterocycles. The van der Waals surface area contributed by atoms with Crippen molar-refractivity contribution in [2.45, 2.75) is 44.3 Å². The number of thioether (sulfide) groups is 1. The zero-order valence-corrected chi connectivity index (χ0v) is 18.1. The highest BCUT2D eigenvalue weighted by atomic mass is 32.2. The average Bonchev–Trinajstić information content (AvgIpc) is 3.08. The Labute approximate surface area is 171 Å². The highest BCUT2D eigenvalue weighted by molar-refractivity contribution is 7.98. The van der Waals surface area contributed by atoms with Gasteiger partial charge in [-0.05, 0) is 30.5 Å². The number of rotatable bonds is 11. The van der Waals surface area contributed by atoms with Crippen molar-refractivity contribution >= 4 is 17.7 Å². The van der Waals surface area contributed by atoms with E-state index < -0.39 is 0 Å². The third-order valence-corrected chi connectivity index (χ3v) is 5.13. The highest BCUT2D eigenvalue weighted by Crippen LogP contribution is 2.25. The largest absolute Gasteiger partial charge is 0.383 e. The first-order valence-electron chi connectivity index (χ1n) is 9.37. The third-order valence-electron chi connectivity index (χ3n) is 4.11. The van der Waals surface area contributed by atoms with Crippen LogP contribution in [0.2, 0.25) is 0 Å². The van der Waals surface area contributed by atoms with E-state index in [4.69, 9.17) is 9.47 Å². The van der Waals surface area contributed by atoms with Crippen LogP contribution in [0.5, 0.6) is 0 Å². The van der Waals surface area contributed by atoms with Gasteiger partial charge in [0.1, 0.15) is 6.61 Å². The number of aromatic nitrogens is 3. The van der Waals surface area contributed by atoms with Crippen molar-refractivity contribution in [3.63, 3.8) is 0 Å². The van der Waals surface area contributed by atoms with Gasteiger partial charge in [-0.25, -0.2) is 0 Å². The molecular formula is C20H30N4O3S. The lowest BCUT2D eigenvalue weighted by Gasteiger charge is -2.17. The van der Waals surface area contributed by atoms with Gasteiger partial charge in [0.15, 0.2) is 11.0 Å². The molecule has 0 aliphatic heterocycles. The molecular weight excluding hydrogens is 376 g/mol. The van der Waals surface area contributed by atoms with Crippen LogP contribution >= 0.6 is 11.8 Å². The van der Waals surface area contributed by atoms with Crippen LogP contribution in [0, 0.1) is 5.92 Å². The topological polar surface area (TPSA) is 78.3 Å². The van der Waals surface area contributed by atoms with E-state index in [9.17, 15) is 4.79 Å². The van der Waals surface area contributed by atoms with E-state index in [1.807, 2.05) is 24.3 Å². The van der Waals surface area contributed by atoms with E-state index >= 15 is 0 Å². The minimum Gasteiger partial charge on any atom is -0.383 e. The van der Waals surface area contributed by atoms with Crippen LogP contribution in [0.4, 0.5) is 0 Å². The fraction of sp³-hybridized carbons (Fsp3) is 0.550. The first-order chi connectivity index (χ1) is 13.5. The quantitative estimate of drug-likeness (QED) is 0.577. The Hall–Kier alpha value is -1.90. The van der Waals surface area contributed by atoms with Gasteiger partial charge in [0.2, 0.25) is 0 Å². The molecule has 0 bridgehead atoms. The second-order valence-electron chi connectivity index (χ2n) is 7.10. The smallest absolute Gasteiger partial charge is 0.251 e. The summed E-state index contributed by atoms with van der Waals surface area (Å²) in [5.41, 5.74) is 1.79. The van der Waals surface area contributed by atoms with Crippen molar-refractivity contribution in [2.24, 2.45) is 5.92 Å². The highest BCUT2D eigenvalue weighted by Gasteiger charge is 2.18. The lowest BCUT2D eigenvalue weighted by atomic mass is 10.1. The van der Waals surface area contributed by atoms with E-state index in [2.05, 4.69) is 40.9 Å². The van der Waals surface area contributed by atoms with Gasteiger partial charge in [-0.3, -0.25) is 9.36 Å². The second-order valence-corrected chi connectivity index (χ2v) is 8.04. The number of methoxy groups -OCH3 is 2. The number of ether oxygens (including phenoxy) is 2. The summed E-state index contributed by atoms with van der Waals surface area (Å²) in [5, 5.41) is 12.3. The first-order valence-corrected chi connectivity index (χ1v) is 10.4. The lowest BCUT2D eigenvalue weighted by Crippen LogP contribution is -2.27. The predicted octanol–water partition coefficient (Wildman–Crippen LogP) is 3.31. The lowest BCUT2D eigenvalue weighted by molar-refractivity contribution is 0.0949. The molecule has 0 fully saturated rings. The molecule has 28 heavy (non-hydrogen) atoms. The molecule has 1 amide bonds. The Morgan fingerprint density at radius 1 is 1.14 bits per heavy atom. The summed E-state index contributed by atoms with van der Waals surface area (Å²) < 4.78 is 12.6. The molecule has 0 spiro atoms. The number of amides is 1. The van der Waals surface area contributed by atoms with Gasteiger partial charge in [-0.15, -0.1) is 10.2 Å². The van der Waals surface area contributed by atoms with E-state index in [-0.39, 0.29) is 11.9 Å². The van der Waals surface area contributed by atoms with Crippen molar-refractivity contribution in [3.8, 4) is 0 Å². The zero-order chi connectivity index (χ0) is 20.5. The molecule has 1 atom stereocenters. The minimum absolute atomic E-state index is 0.0368. The zero-order valence-electron chi connectivity index (χ0n) is 17.3. The van der Waals surface area contributed by atoms with Crippen LogP contribution in [-0.2, 0) is 21.8 Å². The van der Waals surface area contributed by atoms with Gasteiger partial charge in [0.25, 0.3) is 5.91 Å². The van der Waals surface area contributed by atoms with E-state index in [0.29, 0.717) is 31.2 Å². The molecule has 0 aliphatic rings. The van der Waals surface area contributed by atoms with Crippen LogP contribution in [0.3, 0.4) is 0 Å². The van der Waals surface area contributed by atoms with E-state index in [1.54, 1.807) is 26.0 Å². The summed E-state index contributed by atoms with van der Waals surface area (Å²) in [6.07, 6.45) is 0. The molecule has 2 rings (SSSR count). The molecule has 8 heteroatoms. The van der Waals surface area contributed by atoms with Crippen molar-refractivity contribution in [1.82, 2.24) is 20.1 Å². The normalized spacial score (nSPS) is 12.4. The summed E-state index contributed by atoms with van der Waals surface area (Å²) in [6, 6.07) is 7.79. The maximum absolute atomic E-state index is 12.1. The standard InChI is InChI=1S/C20H30N4O3S/c1-14(2)10-21-19(25)17-8-6-16(7-9-17)13-28-20-23-22-18(12-27-5)24(20)15(3)11-26-4/h6-9,14-15H,10-13H2,1-5H3,(H,21,25)/t15-/m1/s1. The van der Waals surface area contributed by atoms with Gasteiger partial charge in [0, 0.05) is 32.1 Å². The van der Waals surface area contributed by atoms with Crippen LogP contribution in [0.1, 0.15) is 48.6 Å². The van der Waals surface area contributed by atoms with Gasteiger partial charge in [-0.2, -0.15) is 0 Å². The van der Waals surface area contributed by atoms with Crippen LogP contribution < -0.4 is 5.32 Å². The summed E-state index contributed by atoms with van der Waals surface area (Å²) in [6.45, 7) is 7.87. The molecule has 1 N–H and O–H groups in total. The maximum atomic E-state index is 12.1. The molecule has 0 saturated heterocycles. The molecule has 1 aromatic carbocycles. The molecule has 0 unspecified atom stereocenters. The Balaban J connectivity index is 2.02. The number of carbonyl (C=O) groups is 1. The molecule has 0 aliphatic carbocycles. The molecule has 0 saturated carbocycles. The number of benzene rings is 1. The van der Waals surface area contributed by atoms with Crippen molar-refractivity contribution in [1.29, 1.82) is 0 Å². The van der Waals surface area contributed by atoms with Crippen LogP contribution in [-0.4, -0.2) is 48.0 Å². The molecule has 1 aromatic heterocycles. The van der Waals surface area contributed by atoms with Crippen molar-refractivity contribution < 1.29 is 14.3 Å². The van der Waals surface area contributed by atoms with Gasteiger partial charge in [0.05, 0.1) is 12.6 Å². The average molecular weight is 407 g/mol. The van der Waals surface area contributed by atoms with Gasteiger partial charge < -0.3 is 14.8 Å². The maximum Gasteiger partial charge on any atom is 0.251 e. The molecule has 0 radical (unpaired) electrons. The number of nitrogens with one attached hydrogen (secondary N) is 1. The summed E-state index contributed by atoms with van der Waals surface area (Å²) >= 11 is 1.61. The fourth-order valence-electron chi connectivity index (χ4n) is 2.69. The number of hydrogen-bond donors (Lipinski definition) is 1. The summed E-state index contributed by atoms with van der Waals surface area (Å²) in [4.78, 5) is 12.1. The Morgan fingerprint density at radius 2 is 1.86 bits per heavy atom. The number of hydrogen-bond acceptors (Lipinski definition) is 6. The third kappa shape index (κ3) is 6.32. The summed E-state index contributed by atoms with van der Waals surface area (Å²) in [7, 11) is 3.33. The monoisotopic (exact) mass is 406 g/mol. The SMILES string of the molecule is COCc1nnc(SCc2ccc(C(=O)NCC(C)C)cc2)n1[C@H](C)COC. The Morgan fingerprint density at radius 3 is 2.46 bits per heavy atom. The van der Waals surface area contributed by atoms with Crippen LogP contribution in [0.15, 0.2) is 29.4 Å². The summed E-state index contributed by atoms with van der Waals surface area (Å²) in [5.74, 6) is 1.91. The number of carbonyl (C=O) groups excluding carboxylic acids is 1. The molecule has 2 aromatic rings. The first kappa shape index (κ1) is 22.4. The Bertz CT molecular complexity index is 746. The minimum atomic E-state index is -0.0368. The fourth-order valence-corrected chi connectivity index (χ4v) is 3.70. The van der Waals surface area contributed by atoms with Crippen molar-refractivity contribution in [2.75, 3.05) is 27.4 Å². The molecule has 7 nitrogen and oxygen atoms in total. The van der Waals surface area contributed by atoms with E-state index in [1.165, 1.54) is 0 Å². The van der Waals surface area contributed by atoms with Gasteiger partial charge >= 0.3 is 0 Å². The number of nitrogens with zero attached hydrogens (tertiary/aromatic N) is 3. The predicted molar refractivity (Wildman–Crippen MR) is 110 cm³/mol. The Kier molecular flexibility index (Phi) is 8.95. The van der Waals surface area contributed by atoms with Gasteiger partial charge in [-0.1, -0.05) is 37.7 Å². The van der Waals surface area contributed by atoms with Crippen LogP contribution in [0.25, 0.3) is 0 Å². The molecule has 154 valence electrons. The van der Waals surface area contributed by atoms with Crippen molar-refractivity contribution in [3.05, 3.63) is 41.2 Å².